The highest BCUT2D eigenvalue weighted by Crippen LogP contribution is 2.42. The van der Waals surface area contributed by atoms with Gasteiger partial charge in [-0.1, -0.05) is 68.7 Å². The number of carboxylic acids is 1. The van der Waals surface area contributed by atoms with Crippen LogP contribution in [-0.2, 0) is 9.63 Å². The highest BCUT2D eigenvalue weighted by Gasteiger charge is 2.42. The number of aromatic nitrogens is 2. The third kappa shape index (κ3) is 5.95. The summed E-state index contributed by atoms with van der Waals surface area (Å²) in [5.74, 6) is -1.11. The smallest absolute Gasteiger partial charge is 0.344 e. The number of hydrogen-bond acceptors (Lipinski definition) is 6. The Morgan fingerprint density at radius 3 is 2.18 bits per heavy atom. The van der Waals surface area contributed by atoms with Crippen LogP contribution in [0.4, 0.5) is 0 Å². The second kappa shape index (κ2) is 12.4. The monoisotopic (exact) mass is 522 g/mol. The summed E-state index contributed by atoms with van der Waals surface area (Å²) in [7, 11) is 0. The number of piperidine rings is 2. The van der Waals surface area contributed by atoms with Gasteiger partial charge in [-0.25, -0.2) is 9.78 Å². The standard InChI is InChI=1S/C30H42N4O4/c1-21(32-38-20-28(35)36)29-30(37)34(27-17-10-9-16-26(27)31-29)25-18-23-14-11-15-24(19-25)33(23)22-12-7-5-3-2-4-6-8-13-22/h9-10,16-17,22-25H,2-8,11-15,18-20H2,1H3,(H,35,36)/b32-21+. The van der Waals surface area contributed by atoms with E-state index in [2.05, 4.69) is 15.0 Å². The molecular weight excluding hydrogens is 480 g/mol. The Labute approximate surface area is 225 Å². The molecule has 38 heavy (non-hydrogen) atoms. The van der Waals surface area contributed by atoms with Crippen LogP contribution in [0.25, 0.3) is 11.0 Å². The second-order valence-corrected chi connectivity index (χ2v) is 11.5. The Hall–Kier alpha value is -2.74. The Balaban J connectivity index is 1.45. The fraction of sp³-hybridized carbons (Fsp3) is 0.667. The van der Waals surface area contributed by atoms with Crippen molar-refractivity contribution < 1.29 is 14.7 Å². The molecule has 1 aromatic heterocycles. The van der Waals surface area contributed by atoms with E-state index in [1.165, 1.54) is 77.0 Å². The van der Waals surface area contributed by atoms with Crippen molar-refractivity contribution in [2.24, 2.45) is 5.16 Å². The summed E-state index contributed by atoms with van der Waals surface area (Å²) >= 11 is 0. The Bertz CT molecular complexity index is 1180. The van der Waals surface area contributed by atoms with Crippen LogP contribution in [0.15, 0.2) is 34.2 Å². The van der Waals surface area contributed by atoms with Crippen LogP contribution in [0.1, 0.15) is 109 Å². The van der Waals surface area contributed by atoms with Gasteiger partial charge in [0.05, 0.1) is 11.0 Å². The van der Waals surface area contributed by atoms with Gasteiger partial charge in [0.1, 0.15) is 5.71 Å². The fourth-order valence-electron chi connectivity index (χ4n) is 7.26. The summed E-state index contributed by atoms with van der Waals surface area (Å²) in [6, 6.07) is 9.61. The van der Waals surface area contributed by atoms with Gasteiger partial charge in [-0.2, -0.15) is 0 Å². The van der Waals surface area contributed by atoms with Crippen molar-refractivity contribution in [1.82, 2.24) is 14.5 Å². The fourth-order valence-corrected chi connectivity index (χ4v) is 7.26. The molecule has 2 aromatic rings. The highest BCUT2D eigenvalue weighted by atomic mass is 16.6. The van der Waals surface area contributed by atoms with E-state index in [0.717, 1.165) is 23.9 Å². The maximum Gasteiger partial charge on any atom is 0.344 e. The molecule has 0 radical (unpaired) electrons. The molecule has 2 unspecified atom stereocenters. The van der Waals surface area contributed by atoms with Gasteiger partial charge < -0.3 is 14.5 Å². The largest absolute Gasteiger partial charge is 0.479 e. The molecule has 0 amide bonds. The summed E-state index contributed by atoms with van der Waals surface area (Å²) in [5, 5.41) is 12.8. The molecule has 1 aliphatic carbocycles. The molecule has 3 aliphatic rings. The van der Waals surface area contributed by atoms with Crippen LogP contribution in [-0.4, -0.2) is 56.0 Å². The molecule has 2 atom stereocenters. The average Bonchev–Trinajstić information content (AvgIpc) is 2.90. The number of oxime groups is 1. The molecule has 1 saturated carbocycles. The minimum absolute atomic E-state index is 0.105. The van der Waals surface area contributed by atoms with Crippen LogP contribution in [0.5, 0.6) is 0 Å². The topological polar surface area (TPSA) is 97.0 Å². The molecule has 206 valence electrons. The molecular formula is C30H42N4O4. The maximum absolute atomic E-state index is 13.9. The van der Waals surface area contributed by atoms with Crippen LogP contribution in [0.2, 0.25) is 0 Å². The quantitative estimate of drug-likeness (QED) is 0.388. The number of para-hydroxylation sites is 2. The minimum Gasteiger partial charge on any atom is -0.479 e. The molecule has 0 spiro atoms. The lowest BCUT2D eigenvalue weighted by Gasteiger charge is -2.53. The summed E-state index contributed by atoms with van der Waals surface area (Å²) in [4.78, 5) is 37.2. The van der Waals surface area contributed by atoms with Crippen molar-refractivity contribution in [3.05, 3.63) is 40.3 Å². The second-order valence-electron chi connectivity index (χ2n) is 11.5. The summed E-state index contributed by atoms with van der Waals surface area (Å²) < 4.78 is 1.96. The van der Waals surface area contributed by atoms with Gasteiger partial charge in [-0.05, 0) is 57.6 Å². The molecule has 3 fully saturated rings. The zero-order chi connectivity index (χ0) is 26.5. The van der Waals surface area contributed by atoms with Crippen molar-refractivity contribution in [2.45, 2.75) is 121 Å². The van der Waals surface area contributed by atoms with E-state index in [-0.39, 0.29) is 17.3 Å². The summed E-state index contributed by atoms with van der Waals surface area (Å²) in [6.45, 7) is 1.10. The third-order valence-corrected chi connectivity index (χ3v) is 8.89. The van der Waals surface area contributed by atoms with Crippen molar-refractivity contribution in [2.75, 3.05) is 6.61 Å². The highest BCUT2D eigenvalue weighted by molar-refractivity contribution is 5.97. The molecule has 2 aliphatic heterocycles. The predicted octanol–water partition coefficient (Wildman–Crippen LogP) is 5.67. The van der Waals surface area contributed by atoms with E-state index in [9.17, 15) is 9.59 Å². The molecule has 2 saturated heterocycles. The molecule has 3 heterocycles. The number of carbonyl (C=O) groups is 1. The van der Waals surface area contributed by atoms with Crippen LogP contribution in [0, 0.1) is 0 Å². The SMILES string of the molecule is C/C(=N\OCC(=O)O)c1nc2ccccc2n(C2CC3CCCC(C2)N3C2CCCCCCCCC2)c1=O. The van der Waals surface area contributed by atoms with Gasteiger partial charge >= 0.3 is 5.97 Å². The van der Waals surface area contributed by atoms with Gasteiger partial charge in [0.2, 0.25) is 6.61 Å². The van der Waals surface area contributed by atoms with Crippen LogP contribution in [0.3, 0.4) is 0 Å². The summed E-state index contributed by atoms with van der Waals surface area (Å²) in [5.41, 5.74) is 1.97. The lowest BCUT2D eigenvalue weighted by Crippen LogP contribution is -2.57. The maximum atomic E-state index is 13.9. The Kier molecular flexibility index (Phi) is 8.77. The number of carboxylic acid groups (broad SMARTS) is 1. The molecule has 1 aromatic carbocycles. The van der Waals surface area contributed by atoms with E-state index >= 15 is 0 Å². The van der Waals surface area contributed by atoms with E-state index in [1.54, 1.807) is 6.92 Å². The lowest BCUT2D eigenvalue weighted by atomic mass is 9.79. The van der Waals surface area contributed by atoms with Crippen molar-refractivity contribution in [3.8, 4) is 0 Å². The van der Waals surface area contributed by atoms with Gasteiger partial charge in [0.15, 0.2) is 5.69 Å². The number of hydrogen-bond donors (Lipinski definition) is 1. The summed E-state index contributed by atoms with van der Waals surface area (Å²) in [6.07, 6.45) is 17.8. The van der Waals surface area contributed by atoms with Gasteiger partial charge in [0, 0.05) is 24.2 Å². The Morgan fingerprint density at radius 1 is 0.921 bits per heavy atom. The van der Waals surface area contributed by atoms with Crippen molar-refractivity contribution >= 4 is 22.7 Å². The predicted molar refractivity (Wildman–Crippen MR) is 149 cm³/mol. The van der Waals surface area contributed by atoms with Gasteiger partial charge in [-0.3, -0.25) is 9.69 Å². The number of aliphatic carboxylic acids is 1. The lowest BCUT2D eigenvalue weighted by molar-refractivity contribution is -0.142. The first kappa shape index (κ1) is 26.9. The molecule has 8 nitrogen and oxygen atoms in total. The van der Waals surface area contributed by atoms with Gasteiger partial charge in [-0.15, -0.1) is 0 Å². The molecule has 2 bridgehead atoms. The third-order valence-electron chi connectivity index (χ3n) is 8.89. The van der Waals surface area contributed by atoms with E-state index < -0.39 is 12.6 Å². The van der Waals surface area contributed by atoms with E-state index in [1.807, 2.05) is 28.8 Å². The minimum atomic E-state index is -1.11. The van der Waals surface area contributed by atoms with E-state index in [4.69, 9.17) is 9.94 Å². The van der Waals surface area contributed by atoms with Crippen LogP contribution < -0.4 is 5.56 Å². The van der Waals surface area contributed by atoms with Gasteiger partial charge in [0.25, 0.3) is 5.56 Å². The number of benzene rings is 1. The molecule has 8 heteroatoms. The van der Waals surface area contributed by atoms with E-state index in [0.29, 0.717) is 23.8 Å². The zero-order valence-electron chi connectivity index (χ0n) is 22.7. The number of rotatable bonds is 6. The first-order valence-corrected chi connectivity index (χ1v) is 14.7. The first-order chi connectivity index (χ1) is 18.5. The average molecular weight is 523 g/mol. The van der Waals surface area contributed by atoms with Crippen LogP contribution >= 0.6 is 0 Å². The van der Waals surface area contributed by atoms with Crippen molar-refractivity contribution in [3.63, 3.8) is 0 Å². The first-order valence-electron chi connectivity index (χ1n) is 14.7. The molecule has 1 N–H and O–H groups in total. The Morgan fingerprint density at radius 2 is 1.53 bits per heavy atom. The normalized spacial score (nSPS) is 26.2. The molecule has 5 rings (SSSR count). The zero-order valence-corrected chi connectivity index (χ0v) is 22.7. The number of fused-ring (bicyclic) bond motifs is 3. The van der Waals surface area contributed by atoms with Crippen molar-refractivity contribution in [1.29, 1.82) is 0 Å². The number of nitrogens with zero attached hydrogens (tertiary/aromatic N) is 4.